The summed E-state index contributed by atoms with van der Waals surface area (Å²) in [6, 6.07) is 13.0. The van der Waals surface area contributed by atoms with Crippen LogP contribution in [0.15, 0.2) is 76.7 Å². The van der Waals surface area contributed by atoms with Gasteiger partial charge in [-0.15, -0.1) is 0 Å². The maximum Gasteiger partial charge on any atom is 0.210 e. The second kappa shape index (κ2) is 8.60. The molecule has 4 nitrogen and oxygen atoms in total. The maximum absolute atomic E-state index is 14.0. The average Bonchev–Trinajstić information content (AvgIpc) is 3.29. The van der Waals surface area contributed by atoms with E-state index >= 15 is 0 Å². The Labute approximate surface area is 199 Å². The van der Waals surface area contributed by atoms with E-state index in [1.165, 1.54) is 36.5 Å². The quantitative estimate of drug-likeness (QED) is 0.300. The molecular formula is C25H18ClF3N2O2S. The molecule has 9 heteroatoms. The van der Waals surface area contributed by atoms with Crippen LogP contribution in [0.3, 0.4) is 0 Å². The normalized spacial score (nSPS) is 16.4. The third-order valence-corrected chi connectivity index (χ3v) is 8.08. The number of pyridine rings is 1. The molecule has 0 aliphatic carbocycles. The second-order valence-corrected chi connectivity index (χ2v) is 10.4. The van der Waals surface area contributed by atoms with E-state index in [0.29, 0.717) is 29.6 Å². The van der Waals surface area contributed by atoms with E-state index in [9.17, 15) is 21.6 Å². The minimum atomic E-state index is -4.18. The number of hydrogen-bond donors (Lipinski definition) is 0. The van der Waals surface area contributed by atoms with Crippen LogP contribution < -0.4 is 4.90 Å². The molecule has 0 bridgehead atoms. The number of rotatable bonds is 4. The predicted octanol–water partition coefficient (Wildman–Crippen LogP) is 6.48. The highest BCUT2D eigenvalue weighted by atomic mass is 35.5. The van der Waals surface area contributed by atoms with Gasteiger partial charge in [0.15, 0.2) is 0 Å². The highest BCUT2D eigenvalue weighted by Crippen LogP contribution is 2.44. The van der Waals surface area contributed by atoms with E-state index in [4.69, 9.17) is 11.6 Å². The molecular weight excluding hydrogens is 485 g/mol. The summed E-state index contributed by atoms with van der Waals surface area (Å²) in [5.74, 6) is -1.63. The van der Waals surface area contributed by atoms with Crippen molar-refractivity contribution in [2.75, 3.05) is 11.4 Å². The van der Waals surface area contributed by atoms with Crippen LogP contribution in [0, 0.1) is 17.5 Å². The zero-order chi connectivity index (χ0) is 24.0. The number of nitrogens with zero attached hydrogens (tertiary/aromatic N) is 2. The standard InChI is InChI=1S/C25H18ClF3N2O2S/c26-20-13-18(7-9-21(20)29)34(32,33)24-14-30-22-12-17(28)6-8-19(22)25(24)31-10-2-5-23(31)15-3-1-4-16(27)11-15/h1,3-4,6-9,11-14,23H,2,5,10H2/t23-/m0/s1. The molecule has 0 amide bonds. The van der Waals surface area contributed by atoms with E-state index in [2.05, 4.69) is 4.98 Å². The van der Waals surface area contributed by atoms with Crippen molar-refractivity contribution in [3.63, 3.8) is 0 Å². The molecule has 174 valence electrons. The van der Waals surface area contributed by atoms with Gasteiger partial charge in [-0.05, 0) is 60.9 Å². The second-order valence-electron chi connectivity index (χ2n) is 8.12. The molecule has 2 heterocycles. The maximum atomic E-state index is 14.0. The van der Waals surface area contributed by atoms with Gasteiger partial charge in [-0.3, -0.25) is 4.98 Å². The number of aromatic nitrogens is 1. The zero-order valence-corrected chi connectivity index (χ0v) is 19.3. The van der Waals surface area contributed by atoms with Crippen LogP contribution in [0.2, 0.25) is 5.02 Å². The van der Waals surface area contributed by atoms with Gasteiger partial charge in [0.25, 0.3) is 0 Å². The molecule has 34 heavy (non-hydrogen) atoms. The SMILES string of the molecule is O=S(=O)(c1ccc(F)c(Cl)c1)c1cnc2cc(F)ccc2c1N1CCC[C@H]1c1cccc(F)c1. The van der Waals surface area contributed by atoms with Crippen molar-refractivity contribution in [2.24, 2.45) is 0 Å². The average molecular weight is 503 g/mol. The van der Waals surface area contributed by atoms with Crippen molar-refractivity contribution in [2.45, 2.75) is 28.7 Å². The van der Waals surface area contributed by atoms with Crippen LogP contribution in [0.1, 0.15) is 24.4 Å². The van der Waals surface area contributed by atoms with Crippen molar-refractivity contribution in [1.82, 2.24) is 4.98 Å². The first-order valence-corrected chi connectivity index (χ1v) is 12.4. The Kier molecular flexibility index (Phi) is 5.73. The van der Waals surface area contributed by atoms with Gasteiger partial charge in [0.05, 0.1) is 27.2 Å². The summed E-state index contributed by atoms with van der Waals surface area (Å²) in [6.07, 6.45) is 2.61. The Morgan fingerprint density at radius 2 is 1.76 bits per heavy atom. The third kappa shape index (κ3) is 3.91. The highest BCUT2D eigenvalue weighted by Gasteiger charge is 2.34. The number of sulfone groups is 1. The third-order valence-electron chi connectivity index (χ3n) is 6.03. The van der Waals surface area contributed by atoms with Gasteiger partial charge in [0.1, 0.15) is 22.3 Å². The van der Waals surface area contributed by atoms with Crippen LogP contribution >= 0.6 is 11.6 Å². The van der Waals surface area contributed by atoms with E-state index in [1.54, 1.807) is 12.1 Å². The Morgan fingerprint density at radius 3 is 2.53 bits per heavy atom. The first kappa shape index (κ1) is 22.7. The fourth-order valence-electron chi connectivity index (χ4n) is 4.49. The lowest BCUT2D eigenvalue weighted by Gasteiger charge is -2.30. The van der Waals surface area contributed by atoms with Crippen molar-refractivity contribution in [1.29, 1.82) is 0 Å². The smallest absolute Gasteiger partial charge is 0.210 e. The van der Waals surface area contributed by atoms with Gasteiger partial charge in [-0.1, -0.05) is 23.7 Å². The van der Waals surface area contributed by atoms with Gasteiger partial charge in [0, 0.05) is 24.2 Å². The molecule has 3 aromatic carbocycles. The topological polar surface area (TPSA) is 50.3 Å². The van der Waals surface area contributed by atoms with Crippen molar-refractivity contribution in [3.8, 4) is 0 Å². The summed E-state index contributed by atoms with van der Waals surface area (Å²) in [5.41, 5.74) is 1.34. The number of hydrogen-bond acceptors (Lipinski definition) is 4. The Bertz CT molecular complexity index is 1530. The highest BCUT2D eigenvalue weighted by molar-refractivity contribution is 7.91. The zero-order valence-electron chi connectivity index (χ0n) is 17.7. The van der Waals surface area contributed by atoms with Gasteiger partial charge >= 0.3 is 0 Å². The lowest BCUT2D eigenvalue weighted by molar-refractivity contribution is 0.593. The molecule has 4 aromatic rings. The molecule has 0 radical (unpaired) electrons. The monoisotopic (exact) mass is 502 g/mol. The fraction of sp³-hybridized carbons (Fsp3) is 0.160. The summed E-state index contributed by atoms with van der Waals surface area (Å²) in [6.45, 7) is 0.504. The van der Waals surface area contributed by atoms with Crippen LogP contribution in [-0.4, -0.2) is 19.9 Å². The van der Waals surface area contributed by atoms with Gasteiger partial charge in [-0.2, -0.15) is 0 Å². The largest absolute Gasteiger partial charge is 0.363 e. The molecule has 1 fully saturated rings. The lowest BCUT2D eigenvalue weighted by Crippen LogP contribution is -2.25. The molecule has 1 aromatic heterocycles. The van der Waals surface area contributed by atoms with Crippen LogP contribution in [-0.2, 0) is 9.84 Å². The molecule has 1 atom stereocenters. The number of benzene rings is 3. The first-order chi connectivity index (χ1) is 16.3. The van der Waals surface area contributed by atoms with Gasteiger partial charge in [0.2, 0.25) is 9.84 Å². The lowest BCUT2D eigenvalue weighted by atomic mass is 10.0. The Balaban J connectivity index is 1.76. The molecule has 1 saturated heterocycles. The van der Waals surface area contributed by atoms with Crippen LogP contribution in [0.25, 0.3) is 10.9 Å². The molecule has 0 spiro atoms. The molecule has 0 saturated carbocycles. The summed E-state index contributed by atoms with van der Waals surface area (Å²) < 4.78 is 69.1. The molecule has 0 N–H and O–H groups in total. The molecule has 1 aliphatic rings. The summed E-state index contributed by atoms with van der Waals surface area (Å²) in [7, 11) is -4.18. The van der Waals surface area contributed by atoms with E-state index in [-0.39, 0.29) is 32.2 Å². The van der Waals surface area contributed by atoms with Gasteiger partial charge in [-0.25, -0.2) is 21.6 Å². The first-order valence-electron chi connectivity index (χ1n) is 10.6. The molecule has 0 unspecified atom stereocenters. The van der Waals surface area contributed by atoms with E-state index in [0.717, 1.165) is 24.6 Å². The van der Waals surface area contributed by atoms with Gasteiger partial charge < -0.3 is 4.90 Å². The van der Waals surface area contributed by atoms with Crippen molar-refractivity contribution >= 4 is 38.0 Å². The van der Waals surface area contributed by atoms with Crippen LogP contribution in [0.4, 0.5) is 18.9 Å². The Morgan fingerprint density at radius 1 is 0.971 bits per heavy atom. The van der Waals surface area contributed by atoms with Crippen LogP contribution in [0.5, 0.6) is 0 Å². The Hall–Kier alpha value is -3.10. The fourth-order valence-corrected chi connectivity index (χ4v) is 6.19. The minimum Gasteiger partial charge on any atom is -0.363 e. The number of halogens is 4. The van der Waals surface area contributed by atoms with Crippen molar-refractivity contribution < 1.29 is 21.6 Å². The summed E-state index contributed by atoms with van der Waals surface area (Å²) in [5, 5.41) is 0.122. The van der Waals surface area contributed by atoms with Crippen molar-refractivity contribution in [3.05, 3.63) is 94.9 Å². The minimum absolute atomic E-state index is 0.113. The summed E-state index contributed by atoms with van der Waals surface area (Å²) in [4.78, 5) is 5.80. The summed E-state index contributed by atoms with van der Waals surface area (Å²) >= 11 is 5.86. The van der Waals surface area contributed by atoms with E-state index in [1.807, 2.05) is 4.90 Å². The molecule has 1 aliphatic heterocycles. The van der Waals surface area contributed by atoms with E-state index < -0.39 is 21.5 Å². The predicted molar refractivity (Wildman–Crippen MR) is 124 cm³/mol. The number of anilines is 1. The number of fused-ring (bicyclic) bond motifs is 1. The molecule has 5 rings (SSSR count).